The summed E-state index contributed by atoms with van der Waals surface area (Å²) in [5, 5.41) is 0. The van der Waals surface area contributed by atoms with Crippen molar-refractivity contribution < 1.29 is 4.79 Å². The van der Waals surface area contributed by atoms with Crippen molar-refractivity contribution in [2.24, 2.45) is 0 Å². The molecule has 5 heteroatoms. The summed E-state index contributed by atoms with van der Waals surface area (Å²) in [5.74, 6) is 1.27. The minimum atomic E-state index is 0.216. The standard InChI is InChI=1S/C13H15N3OS/c1-10-2-3-12(18-10)11(17)8-15-6-7-16-5-4-14-13(16)9-15/h2-5H,6-9H2,1H3. The summed E-state index contributed by atoms with van der Waals surface area (Å²) in [6, 6.07) is 3.92. The second-order valence-corrected chi connectivity index (χ2v) is 5.87. The van der Waals surface area contributed by atoms with Gasteiger partial charge in [-0.3, -0.25) is 9.69 Å². The summed E-state index contributed by atoms with van der Waals surface area (Å²) in [6.45, 7) is 5.13. The molecule has 3 rings (SSSR count). The Bertz CT molecular complexity index is 572. The molecule has 0 saturated carbocycles. The number of nitrogens with zero attached hydrogens (tertiary/aromatic N) is 3. The number of carbonyl (C=O) groups excluding carboxylic acids is 1. The molecule has 0 unspecified atom stereocenters. The zero-order chi connectivity index (χ0) is 12.5. The van der Waals surface area contributed by atoms with Crippen molar-refractivity contribution in [3.63, 3.8) is 0 Å². The van der Waals surface area contributed by atoms with E-state index in [1.54, 1.807) is 11.3 Å². The van der Waals surface area contributed by atoms with Gasteiger partial charge in [0.1, 0.15) is 5.82 Å². The third kappa shape index (κ3) is 2.23. The van der Waals surface area contributed by atoms with E-state index in [9.17, 15) is 4.79 Å². The number of rotatable bonds is 3. The summed E-state index contributed by atoms with van der Waals surface area (Å²) >= 11 is 1.57. The Hall–Kier alpha value is -1.46. The number of fused-ring (bicyclic) bond motifs is 1. The maximum Gasteiger partial charge on any atom is 0.186 e. The number of aryl methyl sites for hydroxylation is 1. The van der Waals surface area contributed by atoms with Crippen molar-refractivity contribution >= 4 is 17.1 Å². The number of ketones is 1. The minimum absolute atomic E-state index is 0.216. The number of aromatic nitrogens is 2. The Morgan fingerprint density at radius 2 is 2.33 bits per heavy atom. The molecule has 2 aromatic heterocycles. The topological polar surface area (TPSA) is 38.1 Å². The first kappa shape index (κ1) is 11.6. The summed E-state index contributed by atoms with van der Waals surface area (Å²) in [4.78, 5) is 20.6. The number of hydrogen-bond acceptors (Lipinski definition) is 4. The second-order valence-electron chi connectivity index (χ2n) is 4.58. The van der Waals surface area contributed by atoms with Gasteiger partial charge in [-0.25, -0.2) is 4.98 Å². The molecule has 0 N–H and O–H groups in total. The van der Waals surface area contributed by atoms with Crippen LogP contribution in [0.3, 0.4) is 0 Å². The quantitative estimate of drug-likeness (QED) is 0.793. The summed E-state index contributed by atoms with van der Waals surface area (Å²) in [5.41, 5.74) is 0. The number of Topliss-reactive ketones (excluding diaryl/α,β-unsaturated/α-hetero) is 1. The second kappa shape index (κ2) is 4.66. The molecule has 0 saturated heterocycles. The molecule has 1 aliphatic rings. The van der Waals surface area contributed by atoms with Crippen LogP contribution in [0.4, 0.5) is 0 Å². The van der Waals surface area contributed by atoms with Gasteiger partial charge in [0, 0.05) is 30.4 Å². The van der Waals surface area contributed by atoms with E-state index in [1.807, 2.05) is 31.5 Å². The fraction of sp³-hybridized carbons (Fsp3) is 0.385. The maximum atomic E-state index is 12.1. The van der Waals surface area contributed by atoms with Gasteiger partial charge < -0.3 is 4.57 Å². The average molecular weight is 261 g/mol. The van der Waals surface area contributed by atoms with E-state index in [0.717, 1.165) is 30.3 Å². The van der Waals surface area contributed by atoms with Crippen LogP contribution in [0.1, 0.15) is 20.4 Å². The molecule has 2 aromatic rings. The molecule has 0 amide bonds. The van der Waals surface area contributed by atoms with Crippen molar-refractivity contribution in [3.8, 4) is 0 Å². The maximum absolute atomic E-state index is 12.1. The van der Waals surface area contributed by atoms with Crippen molar-refractivity contribution in [1.82, 2.24) is 14.5 Å². The van der Waals surface area contributed by atoms with Gasteiger partial charge in [-0.1, -0.05) is 0 Å². The van der Waals surface area contributed by atoms with Crippen molar-refractivity contribution in [1.29, 1.82) is 0 Å². The van der Waals surface area contributed by atoms with Gasteiger partial charge >= 0.3 is 0 Å². The first-order chi connectivity index (χ1) is 8.72. The van der Waals surface area contributed by atoms with Crippen molar-refractivity contribution in [2.75, 3.05) is 13.1 Å². The van der Waals surface area contributed by atoms with Crippen LogP contribution in [0.25, 0.3) is 0 Å². The zero-order valence-corrected chi connectivity index (χ0v) is 11.1. The van der Waals surface area contributed by atoms with Crippen LogP contribution in [-0.4, -0.2) is 33.3 Å². The molecule has 0 aliphatic carbocycles. The van der Waals surface area contributed by atoms with Crippen LogP contribution in [0.5, 0.6) is 0 Å². The lowest BCUT2D eigenvalue weighted by Gasteiger charge is -2.26. The van der Waals surface area contributed by atoms with E-state index in [-0.39, 0.29) is 5.78 Å². The van der Waals surface area contributed by atoms with Gasteiger partial charge in [0.25, 0.3) is 0 Å². The minimum Gasteiger partial charge on any atom is -0.333 e. The van der Waals surface area contributed by atoms with E-state index in [1.165, 1.54) is 4.88 Å². The lowest BCUT2D eigenvalue weighted by molar-refractivity contribution is 0.0912. The van der Waals surface area contributed by atoms with Crippen molar-refractivity contribution in [3.05, 3.63) is 40.1 Å². The molecule has 0 spiro atoms. The van der Waals surface area contributed by atoms with E-state index in [2.05, 4.69) is 14.5 Å². The molecule has 3 heterocycles. The van der Waals surface area contributed by atoms with Gasteiger partial charge in [-0.15, -0.1) is 11.3 Å². The monoisotopic (exact) mass is 261 g/mol. The van der Waals surface area contributed by atoms with E-state index in [0.29, 0.717) is 6.54 Å². The molecule has 4 nitrogen and oxygen atoms in total. The third-order valence-electron chi connectivity index (χ3n) is 3.21. The highest BCUT2D eigenvalue weighted by Crippen LogP contribution is 2.17. The lowest BCUT2D eigenvalue weighted by atomic mass is 10.2. The summed E-state index contributed by atoms with van der Waals surface area (Å²) in [7, 11) is 0. The Balaban J connectivity index is 1.66. The molecule has 0 radical (unpaired) electrons. The summed E-state index contributed by atoms with van der Waals surface area (Å²) in [6.07, 6.45) is 3.82. The van der Waals surface area contributed by atoms with Gasteiger partial charge in [-0.2, -0.15) is 0 Å². The van der Waals surface area contributed by atoms with E-state index in [4.69, 9.17) is 0 Å². The third-order valence-corrected chi connectivity index (χ3v) is 4.25. The fourth-order valence-corrected chi connectivity index (χ4v) is 3.02. The Labute approximate surface area is 110 Å². The highest BCUT2D eigenvalue weighted by molar-refractivity contribution is 7.14. The van der Waals surface area contributed by atoms with Crippen LogP contribution >= 0.6 is 11.3 Å². The molecule has 18 heavy (non-hydrogen) atoms. The fourth-order valence-electron chi connectivity index (χ4n) is 2.22. The van der Waals surface area contributed by atoms with Crippen LogP contribution in [0.2, 0.25) is 0 Å². The number of hydrogen-bond donors (Lipinski definition) is 0. The molecule has 0 atom stereocenters. The Morgan fingerprint density at radius 1 is 1.44 bits per heavy atom. The SMILES string of the molecule is Cc1ccc(C(=O)CN2CCn3ccnc3C2)s1. The van der Waals surface area contributed by atoms with Crippen LogP contribution in [0.15, 0.2) is 24.5 Å². The molecule has 0 fully saturated rings. The molecule has 94 valence electrons. The van der Waals surface area contributed by atoms with Crippen LogP contribution < -0.4 is 0 Å². The first-order valence-corrected chi connectivity index (χ1v) is 6.86. The van der Waals surface area contributed by atoms with Gasteiger partial charge in [0.2, 0.25) is 0 Å². The van der Waals surface area contributed by atoms with Crippen LogP contribution in [-0.2, 0) is 13.1 Å². The molecular formula is C13H15N3OS. The molecule has 0 bridgehead atoms. The van der Waals surface area contributed by atoms with Crippen LogP contribution in [0, 0.1) is 6.92 Å². The highest BCUT2D eigenvalue weighted by Gasteiger charge is 2.19. The Morgan fingerprint density at radius 3 is 3.11 bits per heavy atom. The molecular weight excluding hydrogens is 246 g/mol. The number of imidazole rings is 1. The van der Waals surface area contributed by atoms with Gasteiger partial charge in [0.05, 0.1) is 18.0 Å². The number of thiophene rings is 1. The largest absolute Gasteiger partial charge is 0.333 e. The predicted octanol–water partition coefficient (Wildman–Crippen LogP) is 1.95. The molecule has 1 aliphatic heterocycles. The van der Waals surface area contributed by atoms with Gasteiger partial charge in [-0.05, 0) is 19.1 Å². The summed E-state index contributed by atoms with van der Waals surface area (Å²) < 4.78 is 2.15. The lowest BCUT2D eigenvalue weighted by Crippen LogP contribution is -2.37. The van der Waals surface area contributed by atoms with Crippen molar-refractivity contribution in [2.45, 2.75) is 20.0 Å². The van der Waals surface area contributed by atoms with E-state index < -0.39 is 0 Å². The number of carbonyl (C=O) groups is 1. The molecule has 0 aromatic carbocycles. The normalized spacial score (nSPS) is 15.6. The first-order valence-electron chi connectivity index (χ1n) is 6.04. The Kier molecular flexibility index (Phi) is 3.01. The van der Waals surface area contributed by atoms with Gasteiger partial charge in [0.15, 0.2) is 5.78 Å². The predicted molar refractivity (Wildman–Crippen MR) is 70.9 cm³/mol. The zero-order valence-electron chi connectivity index (χ0n) is 10.3. The smallest absolute Gasteiger partial charge is 0.186 e. The highest BCUT2D eigenvalue weighted by atomic mass is 32.1. The average Bonchev–Trinajstić information content (AvgIpc) is 2.96. The van der Waals surface area contributed by atoms with E-state index >= 15 is 0 Å².